The van der Waals surface area contributed by atoms with Crippen LogP contribution < -0.4 is 9.05 Å². The van der Waals surface area contributed by atoms with Crippen LogP contribution in [0.15, 0.2) is 109 Å². The number of carbonyl (C=O) groups is 2. The Bertz CT molecular complexity index is 1300. The lowest BCUT2D eigenvalue weighted by atomic mass is 10.00. The van der Waals surface area contributed by atoms with Gasteiger partial charge in [-0.2, -0.15) is 0 Å². The quantitative estimate of drug-likeness (QED) is 0.196. The lowest BCUT2D eigenvalue weighted by molar-refractivity contribution is 0.0743. The molecule has 0 spiro atoms. The fourth-order valence-electron chi connectivity index (χ4n) is 3.53. The van der Waals surface area contributed by atoms with Crippen LogP contribution in [0.1, 0.15) is 44.1 Å². The van der Waals surface area contributed by atoms with Gasteiger partial charge in [-0.1, -0.05) is 60.7 Å². The highest BCUT2D eigenvalue weighted by Gasteiger charge is 2.26. The first-order valence-corrected chi connectivity index (χ1v) is 12.7. The Morgan fingerprint density at radius 2 is 0.892 bits per heavy atom. The highest BCUT2D eigenvalue weighted by atomic mass is 31.2. The van der Waals surface area contributed by atoms with E-state index in [1.54, 1.807) is 60.7 Å². The monoisotopic (exact) mass is 518 g/mol. The number of Topliss-reactive ketones (excluding diaryl/α,β-unsaturated/α-hetero) is 2. The summed E-state index contributed by atoms with van der Waals surface area (Å²) in [7, 11) is -4.62. The number of aliphatic hydroxyl groups is 2. The number of rotatable bonds is 10. The molecule has 188 valence electrons. The summed E-state index contributed by atoms with van der Waals surface area (Å²) >= 11 is 0. The summed E-state index contributed by atoms with van der Waals surface area (Å²) in [5.41, 5.74) is 1.28. The molecule has 0 radical (unpaired) electrons. The van der Waals surface area contributed by atoms with Crippen LogP contribution in [0.2, 0.25) is 0 Å². The molecule has 0 bridgehead atoms. The summed E-state index contributed by atoms with van der Waals surface area (Å²) in [5.74, 6) is -1.13. The van der Waals surface area contributed by atoms with E-state index < -0.39 is 31.6 Å². The zero-order valence-electron chi connectivity index (χ0n) is 19.4. The van der Waals surface area contributed by atoms with Crippen LogP contribution in [0.5, 0.6) is 11.5 Å². The molecule has 0 fully saturated rings. The number of aliphatic hydroxyl groups excluding tert-OH is 2. The molecular weight excluding hydrogens is 495 g/mol. The van der Waals surface area contributed by atoms with Crippen molar-refractivity contribution in [1.29, 1.82) is 0 Å². The Morgan fingerprint density at radius 3 is 1.22 bits per heavy atom. The van der Waals surface area contributed by atoms with E-state index in [4.69, 9.17) is 9.05 Å². The molecule has 0 saturated carbocycles. The standard InChI is InChI=1S/C28H23O8P/c29-25(19-7-3-1-4-8-19)27(31)21-11-15-23(16-12-21)35-37(33,34)36-24-17-13-22(14-18-24)28(32)26(30)20-9-5-2-6-10-20/h1-18,25-26,29-30H,(H,33,34). The first-order chi connectivity index (χ1) is 17.7. The van der Waals surface area contributed by atoms with Crippen molar-refractivity contribution >= 4 is 19.4 Å². The summed E-state index contributed by atoms with van der Waals surface area (Å²) in [6, 6.07) is 27.6. The van der Waals surface area contributed by atoms with Crippen LogP contribution in [0.3, 0.4) is 0 Å². The van der Waals surface area contributed by atoms with Crippen molar-refractivity contribution in [1.82, 2.24) is 0 Å². The Balaban J connectivity index is 1.37. The van der Waals surface area contributed by atoms with Crippen molar-refractivity contribution in [2.75, 3.05) is 0 Å². The van der Waals surface area contributed by atoms with Crippen molar-refractivity contribution in [2.45, 2.75) is 12.2 Å². The molecule has 9 heteroatoms. The predicted octanol–water partition coefficient (Wildman–Crippen LogP) is 5.08. The number of phosphoric ester groups is 1. The highest BCUT2D eigenvalue weighted by molar-refractivity contribution is 7.48. The molecule has 2 atom stereocenters. The number of ketones is 2. The maximum atomic E-state index is 12.5. The molecule has 8 nitrogen and oxygen atoms in total. The van der Waals surface area contributed by atoms with Crippen LogP contribution >= 0.6 is 7.82 Å². The van der Waals surface area contributed by atoms with Crippen molar-refractivity contribution in [3.05, 3.63) is 131 Å². The van der Waals surface area contributed by atoms with Gasteiger partial charge in [0.2, 0.25) is 0 Å². The Kier molecular flexibility index (Phi) is 7.96. The van der Waals surface area contributed by atoms with E-state index in [0.29, 0.717) is 11.1 Å². The van der Waals surface area contributed by atoms with Gasteiger partial charge in [0.25, 0.3) is 0 Å². The van der Waals surface area contributed by atoms with Crippen molar-refractivity contribution in [3.63, 3.8) is 0 Å². The maximum absolute atomic E-state index is 12.5. The van der Waals surface area contributed by atoms with E-state index >= 15 is 0 Å². The average Bonchev–Trinajstić information content (AvgIpc) is 2.93. The van der Waals surface area contributed by atoms with Gasteiger partial charge in [0, 0.05) is 11.1 Å². The van der Waals surface area contributed by atoms with Crippen LogP contribution in [0, 0.1) is 0 Å². The second kappa shape index (κ2) is 11.3. The molecule has 4 aromatic rings. The van der Waals surface area contributed by atoms with Gasteiger partial charge in [0.15, 0.2) is 11.6 Å². The molecule has 0 aromatic heterocycles. The fraction of sp³-hybridized carbons (Fsp3) is 0.0714. The average molecular weight is 518 g/mol. The molecule has 4 rings (SSSR count). The van der Waals surface area contributed by atoms with Gasteiger partial charge in [0.05, 0.1) is 0 Å². The minimum Gasteiger partial charge on any atom is -0.395 e. The van der Waals surface area contributed by atoms with E-state index in [1.165, 1.54) is 48.5 Å². The van der Waals surface area contributed by atoms with Gasteiger partial charge in [-0.25, -0.2) is 4.57 Å². The van der Waals surface area contributed by atoms with E-state index in [0.717, 1.165) is 0 Å². The van der Waals surface area contributed by atoms with E-state index in [-0.39, 0.29) is 22.6 Å². The molecule has 3 N–H and O–H groups in total. The number of carbonyl (C=O) groups excluding carboxylic acids is 2. The fourth-order valence-corrected chi connectivity index (χ4v) is 4.35. The third kappa shape index (κ3) is 6.58. The zero-order chi connectivity index (χ0) is 26.4. The van der Waals surface area contributed by atoms with E-state index in [1.807, 2.05) is 0 Å². The lowest BCUT2D eigenvalue weighted by Gasteiger charge is -2.15. The molecule has 37 heavy (non-hydrogen) atoms. The van der Waals surface area contributed by atoms with Crippen LogP contribution in [-0.2, 0) is 4.57 Å². The highest BCUT2D eigenvalue weighted by Crippen LogP contribution is 2.44. The first-order valence-electron chi connectivity index (χ1n) is 11.2. The smallest absolute Gasteiger partial charge is 0.395 e. The molecular formula is C28H23O8P. The first kappa shape index (κ1) is 26.0. The normalized spacial score (nSPS) is 14.1. The summed E-state index contributed by atoms with van der Waals surface area (Å²) in [6.07, 6.45) is -2.69. The Hall–Kier alpha value is -4.07. The molecule has 0 heterocycles. The van der Waals surface area contributed by atoms with Gasteiger partial charge < -0.3 is 19.3 Å². The largest absolute Gasteiger partial charge is 0.584 e. The summed E-state index contributed by atoms with van der Waals surface area (Å²) in [4.78, 5) is 35.2. The Morgan fingerprint density at radius 1 is 0.568 bits per heavy atom. The minimum absolute atomic E-state index is 0.0330. The van der Waals surface area contributed by atoms with Gasteiger partial charge in [0.1, 0.15) is 23.7 Å². The number of phosphoric acid groups is 1. The van der Waals surface area contributed by atoms with Crippen molar-refractivity contribution in [3.8, 4) is 11.5 Å². The molecule has 0 amide bonds. The molecule has 0 aliphatic rings. The second-order valence-electron chi connectivity index (χ2n) is 8.05. The summed E-state index contributed by atoms with van der Waals surface area (Å²) in [5, 5.41) is 20.6. The van der Waals surface area contributed by atoms with Crippen molar-refractivity contribution < 1.29 is 38.3 Å². The van der Waals surface area contributed by atoms with Gasteiger partial charge in [-0.05, 0) is 59.7 Å². The molecule has 0 saturated heterocycles. The van der Waals surface area contributed by atoms with Gasteiger partial charge >= 0.3 is 7.82 Å². The lowest BCUT2D eigenvalue weighted by Crippen LogP contribution is -2.12. The SMILES string of the molecule is O=C(c1ccc(OP(=O)(O)Oc2ccc(C(=O)C(O)c3ccccc3)cc2)cc1)C(O)c1ccccc1. The molecule has 2 unspecified atom stereocenters. The van der Waals surface area contributed by atoms with Crippen LogP contribution in [-0.4, -0.2) is 26.7 Å². The number of benzene rings is 4. The molecule has 0 aliphatic heterocycles. The van der Waals surface area contributed by atoms with Gasteiger partial charge in [-0.3, -0.25) is 14.5 Å². The summed E-state index contributed by atoms with van der Waals surface area (Å²) < 4.78 is 22.6. The number of hydrogen-bond donors (Lipinski definition) is 3. The van der Waals surface area contributed by atoms with Gasteiger partial charge in [-0.15, -0.1) is 0 Å². The molecule has 0 aliphatic carbocycles. The zero-order valence-corrected chi connectivity index (χ0v) is 20.3. The molecule has 4 aromatic carbocycles. The topological polar surface area (TPSA) is 130 Å². The maximum Gasteiger partial charge on any atom is 0.584 e. The van der Waals surface area contributed by atoms with E-state index in [9.17, 15) is 29.3 Å². The minimum atomic E-state index is -4.62. The Labute approximate surface area is 213 Å². The predicted molar refractivity (Wildman–Crippen MR) is 135 cm³/mol. The van der Waals surface area contributed by atoms with E-state index in [2.05, 4.69) is 0 Å². The van der Waals surface area contributed by atoms with Crippen molar-refractivity contribution in [2.24, 2.45) is 0 Å². The van der Waals surface area contributed by atoms with Crippen LogP contribution in [0.4, 0.5) is 0 Å². The summed E-state index contributed by atoms with van der Waals surface area (Å²) in [6.45, 7) is 0. The number of hydrogen-bond acceptors (Lipinski definition) is 7. The third-order valence-corrected chi connectivity index (χ3v) is 6.33. The second-order valence-corrected chi connectivity index (χ2v) is 9.36. The third-order valence-electron chi connectivity index (χ3n) is 5.45. The van der Waals surface area contributed by atoms with Crippen LogP contribution in [0.25, 0.3) is 0 Å².